The van der Waals surface area contributed by atoms with Crippen LogP contribution in [0.5, 0.6) is 17.2 Å². The summed E-state index contributed by atoms with van der Waals surface area (Å²) in [4.78, 5) is 28.0. The van der Waals surface area contributed by atoms with Gasteiger partial charge in [-0.25, -0.2) is 4.39 Å². The molecule has 1 atom stereocenters. The van der Waals surface area contributed by atoms with Crippen molar-refractivity contribution in [3.05, 3.63) is 87.7 Å². The molecule has 1 fully saturated rings. The molecule has 2 heterocycles. The Hall–Kier alpha value is -4.04. The van der Waals surface area contributed by atoms with E-state index in [0.717, 1.165) is 30.2 Å². The van der Waals surface area contributed by atoms with E-state index in [-0.39, 0.29) is 22.0 Å². The van der Waals surface area contributed by atoms with Crippen LogP contribution in [0.3, 0.4) is 0 Å². The molecular formula is C28H23ClFNO6. The predicted molar refractivity (Wildman–Crippen MR) is 136 cm³/mol. The average molecular weight is 524 g/mol. The van der Waals surface area contributed by atoms with Gasteiger partial charge in [0.1, 0.15) is 17.3 Å². The van der Waals surface area contributed by atoms with E-state index in [9.17, 15) is 19.1 Å². The molecule has 0 aliphatic carbocycles. The molecule has 1 unspecified atom stereocenters. The topological polar surface area (TPSA) is 85.3 Å². The first-order valence-corrected chi connectivity index (χ1v) is 12.0. The standard InChI is InChI=1S/C28H23ClFNO6/c1-35-22-10-5-16(13-23(22)36-2)25-24(26(32)17-6-9-21-15(12-17)4-3-11-37-21)27(33)28(34)31(25)18-7-8-20(30)19(29)14-18/h5-10,12-14,25,32H,3-4,11H2,1-2H3/b26-24+. The first-order chi connectivity index (χ1) is 17.8. The molecule has 3 aromatic carbocycles. The lowest BCUT2D eigenvalue weighted by Gasteiger charge is -2.26. The van der Waals surface area contributed by atoms with Gasteiger partial charge >= 0.3 is 0 Å². The van der Waals surface area contributed by atoms with Crippen molar-refractivity contribution in [3.8, 4) is 17.2 Å². The number of Topliss-reactive ketones (excluding diaryl/α,β-unsaturated/α-hetero) is 1. The molecule has 0 radical (unpaired) electrons. The number of anilines is 1. The van der Waals surface area contributed by atoms with Crippen LogP contribution >= 0.6 is 11.6 Å². The summed E-state index contributed by atoms with van der Waals surface area (Å²) in [5.74, 6) is -1.22. The summed E-state index contributed by atoms with van der Waals surface area (Å²) in [6.45, 7) is 0.614. The largest absolute Gasteiger partial charge is 0.507 e. The average Bonchev–Trinajstić information content (AvgIpc) is 3.19. The summed E-state index contributed by atoms with van der Waals surface area (Å²) in [6.07, 6.45) is 1.59. The molecule has 190 valence electrons. The molecule has 0 saturated carbocycles. The third-order valence-corrected chi connectivity index (χ3v) is 6.82. The van der Waals surface area contributed by atoms with Crippen molar-refractivity contribution in [1.82, 2.24) is 0 Å². The molecule has 37 heavy (non-hydrogen) atoms. The molecule has 2 aliphatic rings. The summed E-state index contributed by atoms with van der Waals surface area (Å²) in [6, 6.07) is 12.8. The number of carbonyl (C=O) groups is 2. The number of ether oxygens (including phenoxy) is 3. The van der Waals surface area contributed by atoms with E-state index in [4.69, 9.17) is 25.8 Å². The maximum absolute atomic E-state index is 13.9. The Labute approximate surface area is 217 Å². The van der Waals surface area contributed by atoms with E-state index >= 15 is 0 Å². The number of methoxy groups -OCH3 is 2. The highest BCUT2D eigenvalue weighted by atomic mass is 35.5. The zero-order valence-electron chi connectivity index (χ0n) is 20.1. The molecule has 7 nitrogen and oxygen atoms in total. The van der Waals surface area contributed by atoms with Crippen LogP contribution < -0.4 is 19.1 Å². The molecule has 0 bridgehead atoms. The van der Waals surface area contributed by atoms with Crippen molar-refractivity contribution in [2.24, 2.45) is 0 Å². The second-order valence-electron chi connectivity index (χ2n) is 8.66. The molecule has 9 heteroatoms. The minimum atomic E-state index is -1.05. The Morgan fingerprint density at radius 2 is 1.84 bits per heavy atom. The lowest BCUT2D eigenvalue weighted by molar-refractivity contribution is -0.132. The Morgan fingerprint density at radius 3 is 2.57 bits per heavy atom. The fourth-order valence-electron chi connectivity index (χ4n) is 4.74. The van der Waals surface area contributed by atoms with Crippen LogP contribution in [0.4, 0.5) is 10.1 Å². The maximum Gasteiger partial charge on any atom is 0.300 e. The second kappa shape index (κ2) is 9.78. The van der Waals surface area contributed by atoms with Gasteiger partial charge in [-0.05, 0) is 72.5 Å². The first kappa shape index (κ1) is 24.6. The number of benzene rings is 3. The van der Waals surface area contributed by atoms with E-state index in [1.807, 2.05) is 0 Å². The number of aliphatic hydroxyl groups is 1. The highest BCUT2D eigenvalue weighted by Crippen LogP contribution is 2.45. The summed E-state index contributed by atoms with van der Waals surface area (Å²) in [5, 5.41) is 11.2. The lowest BCUT2D eigenvalue weighted by atomic mass is 9.93. The van der Waals surface area contributed by atoms with Crippen molar-refractivity contribution in [3.63, 3.8) is 0 Å². The SMILES string of the molecule is COc1ccc(C2/C(=C(\O)c3ccc4c(c3)CCCO4)C(=O)C(=O)N2c2ccc(F)c(Cl)c2)cc1OC. The van der Waals surface area contributed by atoms with Crippen LogP contribution in [-0.4, -0.2) is 37.6 Å². The molecule has 2 aliphatic heterocycles. The summed E-state index contributed by atoms with van der Waals surface area (Å²) < 4.78 is 30.4. The van der Waals surface area contributed by atoms with Crippen LogP contribution in [0, 0.1) is 5.82 Å². The normalized spacial score (nSPS) is 18.4. The van der Waals surface area contributed by atoms with Crippen LogP contribution in [0.1, 0.15) is 29.2 Å². The highest BCUT2D eigenvalue weighted by molar-refractivity contribution is 6.51. The quantitative estimate of drug-likeness (QED) is 0.272. The van der Waals surface area contributed by atoms with E-state index in [1.165, 1.54) is 31.3 Å². The summed E-state index contributed by atoms with van der Waals surface area (Å²) >= 11 is 6.01. The number of ketones is 1. The number of halogens is 2. The number of rotatable bonds is 5. The first-order valence-electron chi connectivity index (χ1n) is 11.6. The van der Waals surface area contributed by atoms with Gasteiger partial charge in [0.15, 0.2) is 11.5 Å². The Balaban J connectivity index is 1.72. The number of fused-ring (bicyclic) bond motifs is 1. The van der Waals surface area contributed by atoms with E-state index in [1.54, 1.807) is 36.4 Å². The number of aryl methyl sites for hydroxylation is 1. The monoisotopic (exact) mass is 523 g/mol. The van der Waals surface area contributed by atoms with Crippen molar-refractivity contribution in [2.45, 2.75) is 18.9 Å². The minimum Gasteiger partial charge on any atom is -0.507 e. The third-order valence-electron chi connectivity index (χ3n) is 6.53. The molecule has 0 aromatic heterocycles. The maximum atomic E-state index is 13.9. The van der Waals surface area contributed by atoms with Gasteiger partial charge in [0, 0.05) is 11.3 Å². The third kappa shape index (κ3) is 4.27. The number of carbonyl (C=O) groups excluding carboxylic acids is 2. The molecule has 1 amide bonds. The van der Waals surface area contributed by atoms with Crippen molar-refractivity contribution >= 4 is 34.7 Å². The molecule has 5 rings (SSSR count). The number of nitrogens with zero attached hydrogens (tertiary/aromatic N) is 1. The molecule has 1 N–H and O–H groups in total. The van der Waals surface area contributed by atoms with E-state index in [2.05, 4.69) is 0 Å². The van der Waals surface area contributed by atoms with Crippen molar-refractivity contribution < 1.29 is 33.3 Å². The van der Waals surface area contributed by atoms with Crippen LogP contribution in [-0.2, 0) is 16.0 Å². The van der Waals surface area contributed by atoms with Gasteiger partial charge in [0.25, 0.3) is 11.7 Å². The summed E-state index contributed by atoms with van der Waals surface area (Å²) in [5.41, 5.74) is 1.84. The Morgan fingerprint density at radius 1 is 1.05 bits per heavy atom. The van der Waals surface area contributed by atoms with Crippen LogP contribution in [0.25, 0.3) is 5.76 Å². The number of aliphatic hydroxyl groups excluding tert-OH is 1. The second-order valence-corrected chi connectivity index (χ2v) is 9.06. The minimum absolute atomic E-state index is 0.116. The molecular weight excluding hydrogens is 501 g/mol. The van der Waals surface area contributed by atoms with Gasteiger partial charge in [-0.3, -0.25) is 14.5 Å². The van der Waals surface area contributed by atoms with Gasteiger partial charge in [-0.1, -0.05) is 17.7 Å². The predicted octanol–water partition coefficient (Wildman–Crippen LogP) is 5.45. The summed E-state index contributed by atoms with van der Waals surface area (Å²) in [7, 11) is 2.96. The van der Waals surface area contributed by atoms with Crippen LogP contribution in [0.15, 0.2) is 60.2 Å². The Bertz CT molecular complexity index is 1450. The zero-order valence-corrected chi connectivity index (χ0v) is 20.8. The fourth-order valence-corrected chi connectivity index (χ4v) is 4.91. The van der Waals surface area contributed by atoms with Gasteiger partial charge in [0.05, 0.1) is 37.5 Å². The van der Waals surface area contributed by atoms with Crippen molar-refractivity contribution in [2.75, 3.05) is 25.7 Å². The van der Waals surface area contributed by atoms with Gasteiger partial charge in [-0.2, -0.15) is 0 Å². The zero-order chi connectivity index (χ0) is 26.3. The van der Waals surface area contributed by atoms with E-state index < -0.39 is 23.5 Å². The van der Waals surface area contributed by atoms with Crippen molar-refractivity contribution in [1.29, 1.82) is 0 Å². The van der Waals surface area contributed by atoms with Gasteiger partial charge < -0.3 is 19.3 Å². The van der Waals surface area contributed by atoms with Crippen LogP contribution in [0.2, 0.25) is 5.02 Å². The lowest BCUT2D eigenvalue weighted by Crippen LogP contribution is -2.29. The molecule has 0 spiro atoms. The number of amides is 1. The number of hydrogen-bond acceptors (Lipinski definition) is 6. The smallest absolute Gasteiger partial charge is 0.300 e. The van der Waals surface area contributed by atoms with Gasteiger partial charge in [0.2, 0.25) is 0 Å². The number of hydrogen-bond donors (Lipinski definition) is 1. The van der Waals surface area contributed by atoms with E-state index in [0.29, 0.717) is 29.2 Å². The highest BCUT2D eigenvalue weighted by Gasteiger charge is 2.47. The fraction of sp³-hybridized carbons (Fsp3) is 0.214. The molecule has 3 aromatic rings. The Kier molecular flexibility index (Phi) is 6.52. The molecule has 1 saturated heterocycles. The van der Waals surface area contributed by atoms with Gasteiger partial charge in [-0.15, -0.1) is 0 Å².